The topological polar surface area (TPSA) is 75.6 Å². The lowest BCUT2D eigenvalue weighted by molar-refractivity contribution is -0.169. The summed E-state index contributed by atoms with van der Waals surface area (Å²) in [6.07, 6.45) is 3.40. The van der Waals surface area contributed by atoms with Crippen molar-refractivity contribution in [2.75, 3.05) is 54.5 Å². The van der Waals surface area contributed by atoms with Crippen LogP contribution in [-0.4, -0.2) is 60.4 Å². The van der Waals surface area contributed by atoms with Gasteiger partial charge in [-0.3, -0.25) is 0 Å². The van der Waals surface area contributed by atoms with E-state index in [1.807, 2.05) is 0 Å². The second-order valence-electron chi connectivity index (χ2n) is 7.53. The van der Waals surface area contributed by atoms with Gasteiger partial charge in [-0.15, -0.1) is 5.10 Å². The van der Waals surface area contributed by atoms with Crippen molar-refractivity contribution in [3.8, 4) is 0 Å². The molecule has 0 bridgehead atoms. The van der Waals surface area contributed by atoms with Gasteiger partial charge in [0.15, 0.2) is 11.6 Å². The quantitative estimate of drug-likeness (QED) is 0.796. The Balaban J connectivity index is 1.44. The lowest BCUT2D eigenvalue weighted by Gasteiger charge is -2.37. The maximum Gasteiger partial charge on any atom is 0.249 e. The number of nitrogens with zero attached hydrogens (tertiary/aromatic N) is 5. The van der Waals surface area contributed by atoms with Crippen molar-refractivity contribution in [1.82, 2.24) is 15.2 Å². The zero-order valence-electron chi connectivity index (χ0n) is 17.5. The van der Waals surface area contributed by atoms with Gasteiger partial charge in [0, 0.05) is 50.4 Å². The lowest BCUT2D eigenvalue weighted by Crippen LogP contribution is -2.45. The van der Waals surface area contributed by atoms with Crippen molar-refractivity contribution in [3.05, 3.63) is 30.0 Å². The van der Waals surface area contributed by atoms with Crippen LogP contribution in [0.25, 0.3) is 0 Å². The Hall–Kier alpha value is -2.45. The van der Waals surface area contributed by atoms with Gasteiger partial charge in [0.2, 0.25) is 5.95 Å². The van der Waals surface area contributed by atoms with Crippen LogP contribution in [0.5, 0.6) is 0 Å². The standard InChI is InChI=1S/C21H30N6O2/c1-4-26(5-2)17-6-7-18(16(3)14-17)23-20-24-19(15-22-25-20)27-10-8-21(9-11-27)28-12-13-29-21/h6-7,14-15H,4-5,8-13H2,1-3H3,(H,23,24,25). The first-order valence-electron chi connectivity index (χ1n) is 10.5. The highest BCUT2D eigenvalue weighted by Gasteiger charge is 2.40. The second kappa shape index (κ2) is 8.51. The number of nitrogens with one attached hydrogen (secondary N) is 1. The van der Waals surface area contributed by atoms with Gasteiger partial charge < -0.3 is 24.6 Å². The molecule has 0 radical (unpaired) electrons. The summed E-state index contributed by atoms with van der Waals surface area (Å²) in [7, 11) is 0. The van der Waals surface area contributed by atoms with Crippen molar-refractivity contribution in [3.63, 3.8) is 0 Å². The van der Waals surface area contributed by atoms with Gasteiger partial charge in [-0.2, -0.15) is 10.1 Å². The Morgan fingerprint density at radius 2 is 1.86 bits per heavy atom. The summed E-state index contributed by atoms with van der Waals surface area (Å²) in [5.41, 5.74) is 3.37. The van der Waals surface area contributed by atoms with Gasteiger partial charge in [0.05, 0.1) is 19.4 Å². The summed E-state index contributed by atoms with van der Waals surface area (Å²) < 4.78 is 11.6. The molecule has 2 fully saturated rings. The Bertz CT molecular complexity index is 826. The minimum atomic E-state index is -0.387. The van der Waals surface area contributed by atoms with Crippen LogP contribution in [0, 0.1) is 6.92 Å². The number of piperidine rings is 1. The van der Waals surface area contributed by atoms with E-state index in [-0.39, 0.29) is 5.79 Å². The third-order valence-corrected chi connectivity index (χ3v) is 5.79. The molecule has 0 amide bonds. The Morgan fingerprint density at radius 3 is 2.52 bits per heavy atom. The van der Waals surface area contributed by atoms with Crippen LogP contribution in [0.4, 0.5) is 23.1 Å². The molecule has 2 aliphatic rings. The van der Waals surface area contributed by atoms with Crippen LogP contribution in [-0.2, 0) is 9.47 Å². The van der Waals surface area contributed by atoms with Crippen LogP contribution in [0.3, 0.4) is 0 Å². The second-order valence-corrected chi connectivity index (χ2v) is 7.53. The largest absolute Gasteiger partial charge is 0.372 e. The number of hydrogen-bond acceptors (Lipinski definition) is 8. The molecular weight excluding hydrogens is 368 g/mol. The fraction of sp³-hybridized carbons (Fsp3) is 0.571. The van der Waals surface area contributed by atoms with E-state index in [0.717, 1.165) is 56.1 Å². The van der Waals surface area contributed by atoms with Crippen molar-refractivity contribution < 1.29 is 9.47 Å². The molecule has 1 aromatic heterocycles. The minimum absolute atomic E-state index is 0.387. The maximum atomic E-state index is 5.81. The van der Waals surface area contributed by atoms with Gasteiger partial charge in [-0.25, -0.2) is 0 Å². The highest BCUT2D eigenvalue weighted by atomic mass is 16.7. The summed E-state index contributed by atoms with van der Waals surface area (Å²) in [6.45, 7) is 11.5. The lowest BCUT2D eigenvalue weighted by atomic mass is 10.0. The van der Waals surface area contributed by atoms with Crippen LogP contribution in [0.15, 0.2) is 24.4 Å². The molecule has 0 unspecified atom stereocenters. The van der Waals surface area contributed by atoms with E-state index in [0.29, 0.717) is 19.2 Å². The Labute approximate surface area is 172 Å². The molecule has 3 heterocycles. The fourth-order valence-electron chi connectivity index (χ4n) is 4.06. The average Bonchev–Trinajstić information content (AvgIpc) is 3.19. The zero-order valence-corrected chi connectivity index (χ0v) is 17.5. The molecule has 1 aromatic carbocycles. The molecule has 8 nitrogen and oxygen atoms in total. The normalized spacial score (nSPS) is 18.2. The summed E-state index contributed by atoms with van der Waals surface area (Å²) in [5.74, 6) is 0.949. The predicted octanol–water partition coefficient (Wildman–Crippen LogP) is 3.11. The average molecular weight is 399 g/mol. The number of aromatic nitrogens is 3. The maximum absolute atomic E-state index is 5.81. The van der Waals surface area contributed by atoms with Gasteiger partial charge in [-0.05, 0) is 44.5 Å². The van der Waals surface area contributed by atoms with Crippen molar-refractivity contribution in [1.29, 1.82) is 0 Å². The fourth-order valence-corrected chi connectivity index (χ4v) is 4.06. The van der Waals surface area contributed by atoms with E-state index < -0.39 is 0 Å². The molecule has 1 N–H and O–H groups in total. The van der Waals surface area contributed by atoms with E-state index in [4.69, 9.17) is 9.47 Å². The molecule has 4 rings (SSSR count). The first-order chi connectivity index (χ1) is 14.1. The van der Waals surface area contributed by atoms with Gasteiger partial charge in [-0.1, -0.05) is 0 Å². The SMILES string of the molecule is CCN(CC)c1ccc(Nc2nncc(N3CCC4(CC3)OCCO4)n2)c(C)c1. The summed E-state index contributed by atoms with van der Waals surface area (Å²) >= 11 is 0. The number of aryl methyl sites for hydroxylation is 1. The molecule has 2 saturated heterocycles. The van der Waals surface area contributed by atoms with Gasteiger partial charge in [0.25, 0.3) is 0 Å². The molecular formula is C21H30N6O2. The molecule has 156 valence electrons. The van der Waals surface area contributed by atoms with Crippen LogP contribution in [0.2, 0.25) is 0 Å². The number of benzene rings is 1. The first kappa shape index (κ1) is 19.8. The summed E-state index contributed by atoms with van der Waals surface area (Å²) in [6, 6.07) is 6.40. The smallest absolute Gasteiger partial charge is 0.249 e. The zero-order chi connectivity index (χ0) is 20.3. The summed E-state index contributed by atoms with van der Waals surface area (Å²) in [5, 5.41) is 11.7. The highest BCUT2D eigenvalue weighted by Crippen LogP contribution is 2.33. The number of anilines is 4. The monoisotopic (exact) mass is 398 g/mol. The van der Waals surface area contributed by atoms with E-state index >= 15 is 0 Å². The molecule has 0 aliphatic carbocycles. The van der Waals surface area contributed by atoms with E-state index in [1.165, 1.54) is 5.69 Å². The molecule has 2 aromatic rings. The van der Waals surface area contributed by atoms with Gasteiger partial charge >= 0.3 is 0 Å². The molecule has 29 heavy (non-hydrogen) atoms. The number of rotatable bonds is 6. The molecule has 0 atom stereocenters. The third kappa shape index (κ3) is 4.28. The molecule has 0 saturated carbocycles. The van der Waals surface area contributed by atoms with Crippen LogP contribution < -0.4 is 15.1 Å². The highest BCUT2D eigenvalue weighted by molar-refractivity contribution is 5.64. The Kier molecular flexibility index (Phi) is 5.82. The number of hydrogen-bond donors (Lipinski definition) is 1. The van der Waals surface area contributed by atoms with Gasteiger partial charge in [0.1, 0.15) is 0 Å². The van der Waals surface area contributed by atoms with Crippen LogP contribution >= 0.6 is 0 Å². The minimum Gasteiger partial charge on any atom is -0.372 e. The first-order valence-corrected chi connectivity index (χ1v) is 10.5. The van der Waals surface area contributed by atoms with Crippen molar-refractivity contribution in [2.24, 2.45) is 0 Å². The third-order valence-electron chi connectivity index (χ3n) is 5.79. The molecule has 2 aliphatic heterocycles. The molecule has 1 spiro atoms. The number of ether oxygens (including phenoxy) is 2. The van der Waals surface area contributed by atoms with Crippen molar-refractivity contribution in [2.45, 2.75) is 39.4 Å². The predicted molar refractivity (Wildman–Crippen MR) is 114 cm³/mol. The van der Waals surface area contributed by atoms with E-state index in [2.05, 4.69) is 69.3 Å². The van der Waals surface area contributed by atoms with E-state index in [9.17, 15) is 0 Å². The van der Waals surface area contributed by atoms with Crippen LogP contribution in [0.1, 0.15) is 32.3 Å². The summed E-state index contributed by atoms with van der Waals surface area (Å²) in [4.78, 5) is 9.23. The van der Waals surface area contributed by atoms with Crippen molar-refractivity contribution >= 4 is 23.1 Å². The molecule has 8 heteroatoms. The Morgan fingerprint density at radius 1 is 1.14 bits per heavy atom. The van der Waals surface area contributed by atoms with E-state index in [1.54, 1.807) is 6.20 Å².